The number of aromatic nitrogens is 3. The topological polar surface area (TPSA) is 51.8 Å². The molecule has 0 fully saturated rings. The van der Waals surface area contributed by atoms with Crippen LogP contribution in [0.3, 0.4) is 0 Å². The summed E-state index contributed by atoms with van der Waals surface area (Å²) in [4.78, 5) is 16.0. The molecule has 4 nitrogen and oxygen atoms in total. The second-order valence-electron chi connectivity index (χ2n) is 16.8. The Kier molecular flexibility index (Phi) is 8.16. The average Bonchev–Trinajstić information content (AvgIpc) is 3.83. The Bertz CT molecular complexity index is 3540. The third-order valence-corrected chi connectivity index (χ3v) is 12.7. The van der Waals surface area contributed by atoms with Crippen LogP contribution >= 0.6 is 0 Å². The highest BCUT2D eigenvalue weighted by molar-refractivity contribution is 6.19. The fourth-order valence-corrected chi connectivity index (χ4v) is 9.68. The normalized spacial score (nSPS) is 12.8. The van der Waals surface area contributed by atoms with Crippen LogP contribution in [0, 0.1) is 0 Å². The van der Waals surface area contributed by atoms with E-state index in [1.807, 2.05) is 24.3 Å². The van der Waals surface area contributed by atoms with Gasteiger partial charge in [-0.2, -0.15) is 0 Å². The van der Waals surface area contributed by atoms with Gasteiger partial charge < -0.3 is 4.42 Å². The Morgan fingerprint density at radius 2 is 0.935 bits per heavy atom. The van der Waals surface area contributed by atoms with E-state index in [9.17, 15) is 0 Å². The molecular weight excluding hydrogens is 755 g/mol. The lowest BCUT2D eigenvalue weighted by Gasteiger charge is -2.22. The van der Waals surface area contributed by atoms with Gasteiger partial charge in [0.25, 0.3) is 0 Å². The largest absolute Gasteiger partial charge is 0.456 e. The van der Waals surface area contributed by atoms with Crippen LogP contribution in [0.5, 0.6) is 0 Å². The van der Waals surface area contributed by atoms with Crippen LogP contribution in [0.25, 0.3) is 111 Å². The van der Waals surface area contributed by atoms with Gasteiger partial charge in [0.2, 0.25) is 0 Å². The molecule has 292 valence electrons. The molecule has 1 aliphatic rings. The van der Waals surface area contributed by atoms with Crippen molar-refractivity contribution in [2.45, 2.75) is 19.3 Å². The van der Waals surface area contributed by atoms with Crippen LogP contribution in [-0.2, 0) is 5.41 Å². The summed E-state index contributed by atoms with van der Waals surface area (Å²) in [6, 6.07) is 70.9. The van der Waals surface area contributed by atoms with Crippen molar-refractivity contribution >= 4 is 32.7 Å². The van der Waals surface area contributed by atoms with Crippen molar-refractivity contribution in [2.75, 3.05) is 0 Å². The van der Waals surface area contributed by atoms with E-state index in [-0.39, 0.29) is 5.41 Å². The van der Waals surface area contributed by atoms with Gasteiger partial charge in [-0.05, 0) is 103 Å². The highest BCUT2D eigenvalue weighted by Gasteiger charge is 2.35. The molecule has 0 amide bonds. The quantitative estimate of drug-likeness (QED) is 0.168. The van der Waals surface area contributed by atoms with Gasteiger partial charge in [-0.15, -0.1) is 0 Å². The Hall–Kier alpha value is -7.95. The summed E-state index contributed by atoms with van der Waals surface area (Å²) in [6.07, 6.45) is 0. The number of hydrogen-bond donors (Lipinski definition) is 0. The minimum Gasteiger partial charge on any atom is -0.456 e. The maximum atomic E-state index is 6.42. The molecule has 62 heavy (non-hydrogen) atoms. The molecule has 0 radical (unpaired) electrons. The van der Waals surface area contributed by atoms with Crippen molar-refractivity contribution < 1.29 is 4.42 Å². The maximum Gasteiger partial charge on any atom is 0.164 e. The van der Waals surface area contributed by atoms with Gasteiger partial charge in [0.05, 0.1) is 0 Å². The SMILES string of the molecule is CC1(C)c2ccccc2-c2cc(-c3cc(-c4ccccc4)cc(-c4nc(-c5ccccc5)nc(-c5ccc6oc7ccc8ccccc8c7c6c5)n4)c3-c3ccccc3)ccc21. The van der Waals surface area contributed by atoms with Crippen molar-refractivity contribution in [2.24, 2.45) is 0 Å². The molecule has 0 spiro atoms. The molecule has 2 heterocycles. The Morgan fingerprint density at radius 1 is 0.355 bits per heavy atom. The first-order valence-electron chi connectivity index (χ1n) is 21.2. The van der Waals surface area contributed by atoms with Crippen molar-refractivity contribution in [1.82, 2.24) is 15.0 Å². The summed E-state index contributed by atoms with van der Waals surface area (Å²) in [5.41, 5.74) is 16.2. The number of benzene rings is 9. The summed E-state index contributed by atoms with van der Waals surface area (Å²) in [6.45, 7) is 4.66. The Morgan fingerprint density at radius 3 is 1.73 bits per heavy atom. The van der Waals surface area contributed by atoms with Gasteiger partial charge in [-0.3, -0.25) is 0 Å². The van der Waals surface area contributed by atoms with Gasteiger partial charge in [0.15, 0.2) is 17.5 Å². The van der Waals surface area contributed by atoms with Gasteiger partial charge in [0, 0.05) is 38.4 Å². The predicted molar refractivity (Wildman–Crippen MR) is 255 cm³/mol. The van der Waals surface area contributed by atoms with E-state index in [2.05, 4.69) is 190 Å². The molecule has 9 aromatic carbocycles. The lowest BCUT2D eigenvalue weighted by atomic mass is 9.81. The molecule has 11 aromatic rings. The Labute approximate surface area is 359 Å². The van der Waals surface area contributed by atoms with Crippen LogP contribution in [-0.4, -0.2) is 15.0 Å². The molecular formula is C58H39N3O. The minimum atomic E-state index is -0.0995. The standard InChI is InChI=1S/C58H39N3O/c1-58(2)49-25-15-14-24-44(49)46-32-40(26-29-50(46)58)45-34-42(36-16-6-3-7-17-36)35-48(53(45)38-19-8-4-9-20-38)57-60-55(39-21-10-5-11-22-39)59-56(61-57)41-28-30-51-47(33-41)54-43-23-13-12-18-37(43)27-31-52(54)62-51/h3-35H,1-2H3. The number of hydrogen-bond acceptors (Lipinski definition) is 4. The van der Waals surface area contributed by atoms with Crippen LogP contribution in [0.15, 0.2) is 205 Å². The van der Waals surface area contributed by atoms with Gasteiger partial charge in [-0.25, -0.2) is 15.0 Å². The molecule has 12 rings (SSSR count). The van der Waals surface area contributed by atoms with Crippen LogP contribution in [0.4, 0.5) is 0 Å². The zero-order chi connectivity index (χ0) is 41.4. The molecule has 0 N–H and O–H groups in total. The van der Waals surface area contributed by atoms with Gasteiger partial charge in [0.1, 0.15) is 11.2 Å². The third-order valence-electron chi connectivity index (χ3n) is 12.7. The van der Waals surface area contributed by atoms with E-state index < -0.39 is 0 Å². The van der Waals surface area contributed by atoms with Crippen LogP contribution < -0.4 is 0 Å². The third kappa shape index (κ3) is 5.79. The van der Waals surface area contributed by atoms with E-state index in [1.54, 1.807) is 0 Å². The Balaban J connectivity index is 1.14. The fourth-order valence-electron chi connectivity index (χ4n) is 9.68. The summed E-state index contributed by atoms with van der Waals surface area (Å²) in [5.74, 6) is 1.80. The fraction of sp³-hybridized carbons (Fsp3) is 0.0517. The zero-order valence-corrected chi connectivity index (χ0v) is 34.3. The maximum absolute atomic E-state index is 6.42. The first kappa shape index (κ1) is 35.9. The van der Waals surface area contributed by atoms with Gasteiger partial charge >= 0.3 is 0 Å². The molecule has 0 unspecified atom stereocenters. The van der Waals surface area contributed by atoms with E-state index in [0.717, 1.165) is 77.4 Å². The van der Waals surface area contributed by atoms with Crippen LogP contribution in [0.2, 0.25) is 0 Å². The van der Waals surface area contributed by atoms with Gasteiger partial charge in [-0.1, -0.05) is 172 Å². The molecule has 0 atom stereocenters. The number of furan rings is 1. The van der Waals surface area contributed by atoms with Crippen molar-refractivity contribution in [3.8, 4) is 78.7 Å². The zero-order valence-electron chi connectivity index (χ0n) is 34.3. The highest BCUT2D eigenvalue weighted by atomic mass is 16.3. The van der Waals surface area contributed by atoms with E-state index >= 15 is 0 Å². The second kappa shape index (κ2) is 14.1. The van der Waals surface area contributed by atoms with Crippen molar-refractivity contribution in [1.29, 1.82) is 0 Å². The highest BCUT2D eigenvalue weighted by Crippen LogP contribution is 2.51. The molecule has 0 aliphatic heterocycles. The van der Waals surface area contributed by atoms with E-state index in [0.29, 0.717) is 17.5 Å². The number of fused-ring (bicyclic) bond motifs is 8. The molecule has 1 aliphatic carbocycles. The lowest BCUT2D eigenvalue weighted by molar-refractivity contribution is 0.660. The monoisotopic (exact) mass is 793 g/mol. The molecule has 0 bridgehead atoms. The van der Waals surface area contributed by atoms with E-state index in [4.69, 9.17) is 19.4 Å². The smallest absolute Gasteiger partial charge is 0.164 e. The number of rotatable bonds is 6. The molecule has 4 heteroatoms. The predicted octanol–water partition coefficient (Wildman–Crippen LogP) is 15.2. The summed E-state index contributed by atoms with van der Waals surface area (Å²) in [5, 5.41) is 4.43. The summed E-state index contributed by atoms with van der Waals surface area (Å²) < 4.78 is 6.42. The van der Waals surface area contributed by atoms with E-state index in [1.165, 1.54) is 27.6 Å². The number of nitrogens with zero attached hydrogens (tertiary/aromatic N) is 3. The van der Waals surface area contributed by atoms with Crippen molar-refractivity contribution in [3.63, 3.8) is 0 Å². The first-order valence-corrected chi connectivity index (χ1v) is 21.2. The van der Waals surface area contributed by atoms with Crippen LogP contribution in [0.1, 0.15) is 25.0 Å². The van der Waals surface area contributed by atoms with Crippen molar-refractivity contribution in [3.05, 3.63) is 211 Å². The summed E-state index contributed by atoms with van der Waals surface area (Å²) in [7, 11) is 0. The molecule has 0 saturated carbocycles. The lowest BCUT2D eigenvalue weighted by Crippen LogP contribution is -2.14. The molecule has 2 aromatic heterocycles. The summed E-state index contributed by atoms with van der Waals surface area (Å²) >= 11 is 0. The first-order chi connectivity index (χ1) is 30.5. The molecule has 0 saturated heterocycles. The second-order valence-corrected chi connectivity index (χ2v) is 16.8. The average molecular weight is 794 g/mol. The minimum absolute atomic E-state index is 0.0995.